The highest BCUT2D eigenvalue weighted by molar-refractivity contribution is 6.31. The molecule has 6 nitrogen and oxygen atoms in total. The molecule has 1 heterocycles. The summed E-state index contributed by atoms with van der Waals surface area (Å²) in [7, 11) is 3.45. The van der Waals surface area contributed by atoms with Crippen molar-refractivity contribution < 1.29 is 14.0 Å². The van der Waals surface area contributed by atoms with Crippen molar-refractivity contribution in [2.75, 3.05) is 14.1 Å². The minimum atomic E-state index is -0.557. The number of benzene rings is 1. The third-order valence-corrected chi connectivity index (χ3v) is 5.23. The molecule has 2 aromatic rings. The van der Waals surface area contributed by atoms with Crippen molar-refractivity contribution in [3.8, 4) is 0 Å². The van der Waals surface area contributed by atoms with Gasteiger partial charge in [0.2, 0.25) is 5.91 Å². The second-order valence-corrected chi connectivity index (χ2v) is 7.40. The molecule has 1 aliphatic carbocycles. The van der Waals surface area contributed by atoms with Gasteiger partial charge in [0.1, 0.15) is 5.69 Å². The first-order valence-corrected chi connectivity index (χ1v) is 8.90. The Morgan fingerprint density at radius 3 is 2.73 bits per heavy atom. The maximum absolute atomic E-state index is 14.0. The van der Waals surface area contributed by atoms with Crippen LogP contribution in [-0.4, -0.2) is 47.9 Å². The lowest BCUT2D eigenvalue weighted by molar-refractivity contribution is -0.134. The molecule has 1 aromatic carbocycles. The number of fused-ring (bicyclic) bond motifs is 1. The van der Waals surface area contributed by atoms with Crippen LogP contribution in [0.15, 0.2) is 18.2 Å². The van der Waals surface area contributed by atoms with E-state index < -0.39 is 5.82 Å². The second kappa shape index (κ2) is 7.25. The number of aromatic amines is 1. The number of hydrogen-bond acceptors (Lipinski definition) is 3. The van der Waals surface area contributed by atoms with Crippen LogP contribution < -0.4 is 11.1 Å². The van der Waals surface area contributed by atoms with Crippen LogP contribution in [0.2, 0.25) is 5.02 Å². The topological polar surface area (TPSA) is 91.2 Å². The third kappa shape index (κ3) is 3.54. The van der Waals surface area contributed by atoms with Crippen molar-refractivity contribution in [1.29, 1.82) is 0 Å². The molecule has 0 spiro atoms. The van der Waals surface area contributed by atoms with E-state index in [-0.39, 0.29) is 45.9 Å². The molecule has 2 amide bonds. The number of nitrogens with two attached hydrogens (primary N) is 1. The third-order valence-electron chi connectivity index (χ3n) is 4.94. The molecule has 0 bridgehead atoms. The van der Waals surface area contributed by atoms with Gasteiger partial charge < -0.3 is 20.9 Å². The molecule has 140 valence electrons. The van der Waals surface area contributed by atoms with Crippen LogP contribution >= 0.6 is 11.6 Å². The maximum atomic E-state index is 14.0. The van der Waals surface area contributed by atoms with Crippen LogP contribution in [0.25, 0.3) is 10.9 Å². The summed E-state index contributed by atoms with van der Waals surface area (Å²) in [5, 5.41) is 3.17. The van der Waals surface area contributed by atoms with Gasteiger partial charge in [-0.25, -0.2) is 4.39 Å². The molecular formula is C18H22ClFN4O2. The summed E-state index contributed by atoms with van der Waals surface area (Å²) in [6.45, 7) is 0. The average molecular weight is 381 g/mol. The van der Waals surface area contributed by atoms with Gasteiger partial charge in [-0.15, -0.1) is 0 Å². The Morgan fingerprint density at radius 2 is 2.08 bits per heavy atom. The van der Waals surface area contributed by atoms with E-state index in [0.717, 1.165) is 0 Å². The van der Waals surface area contributed by atoms with Gasteiger partial charge in [-0.05, 0) is 37.5 Å². The number of rotatable bonds is 3. The van der Waals surface area contributed by atoms with Crippen molar-refractivity contribution in [3.63, 3.8) is 0 Å². The Kier molecular flexibility index (Phi) is 5.20. The summed E-state index contributed by atoms with van der Waals surface area (Å²) in [6, 6.07) is 3.97. The number of nitrogens with zero attached hydrogens (tertiary/aromatic N) is 1. The van der Waals surface area contributed by atoms with Crippen LogP contribution in [0.1, 0.15) is 29.8 Å². The predicted octanol–water partition coefficient (Wildman–Crippen LogP) is 2.27. The van der Waals surface area contributed by atoms with Gasteiger partial charge >= 0.3 is 0 Å². The van der Waals surface area contributed by atoms with Crippen molar-refractivity contribution in [1.82, 2.24) is 15.2 Å². The number of amides is 2. The Morgan fingerprint density at radius 1 is 1.35 bits per heavy atom. The molecule has 3 rings (SSSR count). The van der Waals surface area contributed by atoms with Gasteiger partial charge in [-0.3, -0.25) is 9.59 Å². The van der Waals surface area contributed by atoms with E-state index in [2.05, 4.69) is 10.3 Å². The number of hydrogen-bond donors (Lipinski definition) is 3. The molecule has 26 heavy (non-hydrogen) atoms. The van der Waals surface area contributed by atoms with Gasteiger partial charge in [0.15, 0.2) is 5.82 Å². The second-order valence-electron chi connectivity index (χ2n) is 6.99. The molecule has 0 aliphatic heterocycles. The molecule has 0 unspecified atom stereocenters. The molecule has 0 saturated heterocycles. The molecule has 1 aliphatic rings. The van der Waals surface area contributed by atoms with Crippen molar-refractivity contribution in [3.05, 3.63) is 34.7 Å². The summed E-state index contributed by atoms with van der Waals surface area (Å²) in [4.78, 5) is 29.1. The van der Waals surface area contributed by atoms with Gasteiger partial charge in [0.05, 0.1) is 5.02 Å². The minimum Gasteiger partial charge on any atom is -0.350 e. The Labute approximate surface area is 155 Å². The van der Waals surface area contributed by atoms with Crippen LogP contribution in [0, 0.1) is 11.7 Å². The monoisotopic (exact) mass is 380 g/mol. The summed E-state index contributed by atoms with van der Waals surface area (Å²) in [5.74, 6) is -0.959. The zero-order valence-electron chi connectivity index (χ0n) is 14.7. The largest absolute Gasteiger partial charge is 0.350 e. The number of halogens is 2. The van der Waals surface area contributed by atoms with Crippen LogP contribution in [0.4, 0.5) is 4.39 Å². The number of nitrogens with one attached hydrogen (secondary N) is 2. The normalized spacial score (nSPS) is 23.0. The van der Waals surface area contributed by atoms with E-state index >= 15 is 0 Å². The fourth-order valence-corrected chi connectivity index (χ4v) is 3.65. The molecule has 1 saturated carbocycles. The maximum Gasteiger partial charge on any atom is 0.268 e. The zero-order chi connectivity index (χ0) is 19.0. The summed E-state index contributed by atoms with van der Waals surface area (Å²) >= 11 is 5.78. The fourth-order valence-electron chi connectivity index (χ4n) is 3.48. The zero-order valence-corrected chi connectivity index (χ0v) is 15.4. The van der Waals surface area contributed by atoms with Gasteiger partial charge in [0, 0.05) is 43.0 Å². The van der Waals surface area contributed by atoms with Crippen molar-refractivity contribution >= 4 is 34.3 Å². The van der Waals surface area contributed by atoms with Crippen molar-refractivity contribution in [2.24, 2.45) is 11.7 Å². The van der Waals surface area contributed by atoms with E-state index in [9.17, 15) is 14.0 Å². The van der Waals surface area contributed by atoms with Gasteiger partial charge in [-0.2, -0.15) is 0 Å². The lowest BCUT2D eigenvalue weighted by Crippen LogP contribution is -2.52. The molecular weight excluding hydrogens is 359 g/mol. The highest BCUT2D eigenvalue weighted by atomic mass is 35.5. The summed E-state index contributed by atoms with van der Waals surface area (Å²) < 4.78 is 14.0. The van der Waals surface area contributed by atoms with Crippen LogP contribution in [0.5, 0.6) is 0 Å². The van der Waals surface area contributed by atoms with Crippen LogP contribution in [0.3, 0.4) is 0 Å². The number of carbonyl (C=O) groups is 2. The Hall–Kier alpha value is -2.12. The standard InChI is InChI=1S/C18H22ClFN4O2/c1-24(2)18(26)9-3-5-14(12(21)7-9)23-17(25)15-8-10-13(22-15)6-4-11(19)16(10)20/h4,6,8-9,12,14,22H,3,5,7,21H2,1-2H3,(H,23,25)/t9-,12+,14-/m0/s1. The van der Waals surface area contributed by atoms with Gasteiger partial charge in [0.25, 0.3) is 5.91 Å². The van der Waals surface area contributed by atoms with Crippen LogP contribution in [-0.2, 0) is 4.79 Å². The number of H-pyrrole nitrogens is 1. The van der Waals surface area contributed by atoms with Crippen molar-refractivity contribution in [2.45, 2.75) is 31.3 Å². The number of carbonyl (C=O) groups excluding carboxylic acids is 2. The van der Waals surface area contributed by atoms with E-state index in [0.29, 0.717) is 24.8 Å². The SMILES string of the molecule is CN(C)C(=O)[C@H]1CC[C@H](NC(=O)c2cc3c(F)c(Cl)ccc3[nH]2)[C@H](N)C1. The number of aromatic nitrogens is 1. The predicted molar refractivity (Wildman–Crippen MR) is 98.5 cm³/mol. The molecule has 1 fully saturated rings. The van der Waals surface area contributed by atoms with Gasteiger partial charge in [-0.1, -0.05) is 11.6 Å². The smallest absolute Gasteiger partial charge is 0.268 e. The molecule has 1 aromatic heterocycles. The summed E-state index contributed by atoms with van der Waals surface area (Å²) in [6.07, 6.45) is 1.82. The van der Waals surface area contributed by atoms with E-state index in [1.54, 1.807) is 25.1 Å². The molecule has 8 heteroatoms. The molecule has 3 atom stereocenters. The highest BCUT2D eigenvalue weighted by Gasteiger charge is 2.33. The first-order valence-electron chi connectivity index (χ1n) is 8.52. The van der Waals surface area contributed by atoms with E-state index in [1.807, 2.05) is 0 Å². The Balaban J connectivity index is 1.69. The first-order chi connectivity index (χ1) is 12.3. The lowest BCUT2D eigenvalue weighted by Gasteiger charge is -2.34. The minimum absolute atomic E-state index is 0.00867. The highest BCUT2D eigenvalue weighted by Crippen LogP contribution is 2.27. The Bertz CT molecular complexity index is 851. The molecule has 0 radical (unpaired) electrons. The van der Waals surface area contributed by atoms with E-state index in [1.165, 1.54) is 12.1 Å². The summed E-state index contributed by atoms with van der Waals surface area (Å²) in [5.41, 5.74) is 6.93. The first kappa shape index (κ1) is 18.7. The molecule has 4 N–H and O–H groups in total. The lowest BCUT2D eigenvalue weighted by atomic mass is 9.82. The quantitative estimate of drug-likeness (QED) is 0.762. The average Bonchev–Trinajstić information content (AvgIpc) is 3.04. The fraction of sp³-hybridized carbons (Fsp3) is 0.444. The van der Waals surface area contributed by atoms with E-state index in [4.69, 9.17) is 17.3 Å².